The molecular weight excluding hydrogens is 601 g/mol. The van der Waals surface area contributed by atoms with Gasteiger partial charge in [0.15, 0.2) is 5.13 Å². The first-order chi connectivity index (χ1) is 21.0. The van der Waals surface area contributed by atoms with Gasteiger partial charge in [-0.25, -0.2) is 15.0 Å². The number of likely N-dealkylation sites (tertiary alicyclic amines) is 1. The van der Waals surface area contributed by atoms with Crippen molar-refractivity contribution in [1.82, 2.24) is 19.9 Å². The number of thiazole rings is 1. The molecule has 0 saturated carbocycles. The Balaban J connectivity index is 1.38. The fraction of sp³-hybridized carbons (Fsp3) is 0.483. The molecule has 5 rings (SSSR count). The summed E-state index contributed by atoms with van der Waals surface area (Å²) in [5.74, 6) is -1.45. The molecule has 15 heteroatoms. The van der Waals surface area contributed by atoms with E-state index >= 15 is 0 Å². The van der Waals surface area contributed by atoms with Crippen molar-refractivity contribution in [3.8, 4) is 22.8 Å². The number of carboxylic acid groups (broad SMARTS) is 1. The van der Waals surface area contributed by atoms with E-state index in [1.54, 1.807) is 6.07 Å². The Morgan fingerprint density at radius 1 is 1.07 bits per heavy atom. The number of nitrogens with one attached hydrogen (secondary N) is 1. The van der Waals surface area contributed by atoms with Gasteiger partial charge < -0.3 is 19.5 Å². The van der Waals surface area contributed by atoms with Crippen LogP contribution < -0.4 is 19.7 Å². The topological polar surface area (TPSA) is 130 Å². The third-order valence-corrected chi connectivity index (χ3v) is 8.82. The molecule has 44 heavy (non-hydrogen) atoms. The molecule has 2 aliphatic rings. The van der Waals surface area contributed by atoms with Crippen molar-refractivity contribution in [2.75, 3.05) is 37.0 Å². The van der Waals surface area contributed by atoms with Gasteiger partial charge in [-0.15, -0.1) is 13.2 Å². The van der Waals surface area contributed by atoms with Crippen molar-refractivity contribution in [3.05, 3.63) is 41.2 Å². The zero-order valence-electron chi connectivity index (χ0n) is 24.3. The van der Waals surface area contributed by atoms with Crippen molar-refractivity contribution in [2.24, 2.45) is 5.92 Å². The first kappa shape index (κ1) is 31.4. The molecule has 1 aromatic carbocycles. The molecule has 2 aromatic heterocycles. The lowest BCUT2D eigenvalue weighted by atomic mass is 9.97. The van der Waals surface area contributed by atoms with E-state index in [1.807, 2.05) is 4.90 Å². The minimum Gasteiger partial charge on any atom is -0.497 e. The number of carboxylic acids is 1. The summed E-state index contributed by atoms with van der Waals surface area (Å²) in [6.07, 6.45) is 2.14. The van der Waals surface area contributed by atoms with Crippen LogP contribution in [0.1, 0.15) is 54.4 Å². The molecule has 2 saturated heterocycles. The van der Waals surface area contributed by atoms with Gasteiger partial charge in [0.1, 0.15) is 23.0 Å². The number of ether oxygens (including phenoxy) is 2. The summed E-state index contributed by atoms with van der Waals surface area (Å²) in [6, 6.07) is 4.30. The number of nitrogens with zero attached hydrogens (tertiary/aromatic N) is 5. The molecule has 0 spiro atoms. The number of methoxy groups -OCH3 is 1. The molecule has 2 fully saturated rings. The van der Waals surface area contributed by atoms with E-state index in [1.165, 1.54) is 36.9 Å². The van der Waals surface area contributed by atoms with Crippen molar-refractivity contribution in [2.45, 2.75) is 58.0 Å². The van der Waals surface area contributed by atoms with Crippen LogP contribution in [0.25, 0.3) is 11.3 Å². The summed E-state index contributed by atoms with van der Waals surface area (Å²) in [6.45, 7) is 4.56. The Kier molecular flexibility index (Phi) is 9.53. The lowest BCUT2D eigenvalue weighted by Gasteiger charge is -2.33. The summed E-state index contributed by atoms with van der Waals surface area (Å²) in [7, 11) is 1.35. The highest BCUT2D eigenvalue weighted by Crippen LogP contribution is 2.38. The second-order valence-electron chi connectivity index (χ2n) is 10.9. The number of amides is 1. The molecule has 3 aromatic rings. The molecule has 1 amide bonds. The number of benzene rings is 1. The second-order valence-corrected chi connectivity index (χ2v) is 11.9. The predicted molar refractivity (Wildman–Crippen MR) is 157 cm³/mol. The average Bonchev–Trinajstić information content (AvgIpc) is 3.39. The van der Waals surface area contributed by atoms with Gasteiger partial charge in [-0.3, -0.25) is 19.8 Å². The number of hydrogen-bond donors (Lipinski definition) is 2. The smallest absolute Gasteiger partial charge is 0.497 e. The van der Waals surface area contributed by atoms with Crippen LogP contribution in [0, 0.1) is 5.92 Å². The highest BCUT2D eigenvalue weighted by Gasteiger charge is 2.32. The summed E-state index contributed by atoms with van der Waals surface area (Å²) < 4.78 is 48.6. The second kappa shape index (κ2) is 13.3. The number of anilines is 2. The van der Waals surface area contributed by atoms with Crippen LogP contribution in [0.5, 0.6) is 11.5 Å². The van der Waals surface area contributed by atoms with E-state index in [2.05, 4.69) is 36.8 Å². The zero-order valence-corrected chi connectivity index (χ0v) is 25.1. The van der Waals surface area contributed by atoms with E-state index in [-0.39, 0.29) is 22.5 Å². The van der Waals surface area contributed by atoms with E-state index in [9.17, 15) is 27.9 Å². The number of rotatable bonds is 9. The van der Waals surface area contributed by atoms with Gasteiger partial charge in [0.05, 0.1) is 31.1 Å². The van der Waals surface area contributed by atoms with Gasteiger partial charge in [0.25, 0.3) is 5.91 Å². The maximum atomic E-state index is 13.1. The Morgan fingerprint density at radius 3 is 2.45 bits per heavy atom. The molecule has 236 valence electrons. The fourth-order valence-electron chi connectivity index (χ4n) is 5.45. The third kappa shape index (κ3) is 7.75. The van der Waals surface area contributed by atoms with Gasteiger partial charge in [0.2, 0.25) is 0 Å². The monoisotopic (exact) mass is 634 g/mol. The molecule has 4 heterocycles. The van der Waals surface area contributed by atoms with Crippen molar-refractivity contribution < 1.29 is 37.3 Å². The number of hydrogen-bond acceptors (Lipinski definition) is 10. The van der Waals surface area contributed by atoms with Gasteiger partial charge in [0, 0.05) is 42.2 Å². The van der Waals surface area contributed by atoms with Gasteiger partial charge in [-0.1, -0.05) is 17.8 Å². The summed E-state index contributed by atoms with van der Waals surface area (Å²) in [5, 5.41) is 12.2. The molecule has 2 aliphatic heterocycles. The first-order valence-corrected chi connectivity index (χ1v) is 15.1. The van der Waals surface area contributed by atoms with Crippen LogP contribution in [-0.4, -0.2) is 76.0 Å². The number of alkyl halides is 3. The maximum Gasteiger partial charge on any atom is 0.573 e. The van der Waals surface area contributed by atoms with Gasteiger partial charge >= 0.3 is 12.3 Å². The molecule has 11 nitrogen and oxygen atoms in total. The van der Waals surface area contributed by atoms with Crippen molar-refractivity contribution in [1.29, 1.82) is 0 Å². The Labute approximate surface area is 256 Å². The maximum absolute atomic E-state index is 13.1. The molecule has 2 N–H and O–H groups in total. The van der Waals surface area contributed by atoms with Crippen LogP contribution >= 0.6 is 11.3 Å². The van der Waals surface area contributed by atoms with E-state index in [0.29, 0.717) is 55.6 Å². The van der Waals surface area contributed by atoms with Gasteiger partial charge in [-0.05, 0) is 51.3 Å². The number of piperidine rings is 2. The SMILES string of the molecule is COc1cc(OC(F)(F)F)cc(-c2nc(NC(=O)c3cnc(N4CCC(C(=O)O)CC4)cn3)sc2CN2CCCC[C@H]2C)c1. The predicted octanol–water partition coefficient (Wildman–Crippen LogP) is 5.44. The number of aliphatic carboxylic acids is 1. The summed E-state index contributed by atoms with van der Waals surface area (Å²) in [5.41, 5.74) is 0.829. The average molecular weight is 635 g/mol. The van der Waals surface area contributed by atoms with Crippen LogP contribution in [0.4, 0.5) is 24.1 Å². The Bertz CT molecular complexity index is 1480. The van der Waals surface area contributed by atoms with Gasteiger partial charge in [-0.2, -0.15) is 0 Å². The summed E-state index contributed by atoms with van der Waals surface area (Å²) in [4.78, 5) is 42.6. The quantitative estimate of drug-likeness (QED) is 0.314. The highest BCUT2D eigenvalue weighted by atomic mass is 32.1. The molecule has 0 unspecified atom stereocenters. The van der Waals surface area contributed by atoms with Crippen LogP contribution in [0.15, 0.2) is 30.6 Å². The standard InChI is InChI=1S/C29H33F3N6O5S/c1-17-5-3-4-8-38(17)16-23-25(19-11-20(42-2)13-21(12-19)43-29(30,31)32)35-28(44-23)36-26(39)22-14-34-24(15-33-22)37-9-6-18(7-10-37)27(40)41/h11-15,17-18H,3-10,16H2,1-2H3,(H,40,41)(H,35,36,39)/t17-/m1/s1. The van der Waals surface area contributed by atoms with Crippen molar-refractivity contribution in [3.63, 3.8) is 0 Å². The number of carbonyl (C=O) groups excluding carboxylic acids is 1. The highest BCUT2D eigenvalue weighted by molar-refractivity contribution is 7.16. The minimum atomic E-state index is -4.89. The molecule has 1 atom stereocenters. The normalized spacial score (nSPS) is 18.2. The summed E-state index contributed by atoms with van der Waals surface area (Å²) >= 11 is 1.24. The number of halogens is 3. The fourth-order valence-corrected chi connectivity index (χ4v) is 6.46. The molecule has 0 radical (unpaired) electrons. The largest absolute Gasteiger partial charge is 0.573 e. The third-order valence-electron chi connectivity index (χ3n) is 7.87. The van der Waals surface area contributed by atoms with Crippen LogP contribution in [-0.2, 0) is 11.3 Å². The van der Waals surface area contributed by atoms with E-state index < -0.39 is 24.0 Å². The van der Waals surface area contributed by atoms with Crippen LogP contribution in [0.3, 0.4) is 0 Å². The zero-order chi connectivity index (χ0) is 31.4. The molecular formula is C29H33F3N6O5S. The van der Waals surface area contributed by atoms with E-state index in [0.717, 1.165) is 36.8 Å². The molecule has 0 bridgehead atoms. The van der Waals surface area contributed by atoms with Crippen LogP contribution in [0.2, 0.25) is 0 Å². The molecule has 0 aliphatic carbocycles. The minimum absolute atomic E-state index is 0.0550. The number of aromatic nitrogens is 3. The number of carbonyl (C=O) groups is 2. The van der Waals surface area contributed by atoms with Crippen molar-refractivity contribution >= 4 is 34.2 Å². The first-order valence-electron chi connectivity index (χ1n) is 14.3. The lowest BCUT2D eigenvalue weighted by molar-refractivity contribution is -0.274. The lowest BCUT2D eigenvalue weighted by Crippen LogP contribution is -2.36. The Hall–Kier alpha value is -3.98. The van der Waals surface area contributed by atoms with E-state index in [4.69, 9.17) is 4.74 Å². The Morgan fingerprint density at radius 2 is 1.82 bits per heavy atom.